The fourth-order valence-electron chi connectivity index (χ4n) is 1.87. The van der Waals surface area contributed by atoms with Crippen LogP contribution in [0.25, 0.3) is 0 Å². The zero-order valence-electron chi connectivity index (χ0n) is 10.8. The van der Waals surface area contributed by atoms with Crippen LogP contribution in [0.3, 0.4) is 0 Å². The average Bonchev–Trinajstić information content (AvgIpc) is 2.39. The van der Waals surface area contributed by atoms with Crippen molar-refractivity contribution >= 4 is 31.9 Å². The number of hydrogen-bond donors (Lipinski definition) is 1. The highest BCUT2D eigenvalue weighted by Crippen LogP contribution is 2.33. The number of hydrogen-bond acceptors (Lipinski definition) is 2. The van der Waals surface area contributed by atoms with Crippen LogP contribution in [0, 0.1) is 5.82 Å². The number of nitrogens with two attached hydrogens (primary N) is 1. The van der Waals surface area contributed by atoms with E-state index in [1.807, 2.05) is 31.2 Å². The summed E-state index contributed by atoms with van der Waals surface area (Å²) < 4.78 is 20.6. The summed E-state index contributed by atoms with van der Waals surface area (Å²) in [4.78, 5) is 0. The molecule has 20 heavy (non-hydrogen) atoms. The summed E-state index contributed by atoms with van der Waals surface area (Å²) in [6.07, 6.45) is -0.327. The van der Waals surface area contributed by atoms with Crippen molar-refractivity contribution in [1.82, 2.24) is 0 Å². The van der Waals surface area contributed by atoms with Crippen LogP contribution in [-0.2, 0) is 0 Å². The minimum absolute atomic E-state index is 0.217. The number of benzene rings is 2. The summed E-state index contributed by atoms with van der Waals surface area (Å²) in [6.45, 7) is 1.88. The molecule has 2 aromatic carbocycles. The van der Waals surface area contributed by atoms with Gasteiger partial charge in [-0.3, -0.25) is 0 Å². The molecule has 2 unspecified atom stereocenters. The molecule has 0 heterocycles. The van der Waals surface area contributed by atoms with Crippen molar-refractivity contribution in [2.24, 2.45) is 5.73 Å². The lowest BCUT2D eigenvalue weighted by Gasteiger charge is -2.24. The van der Waals surface area contributed by atoms with Crippen LogP contribution < -0.4 is 10.5 Å². The van der Waals surface area contributed by atoms with E-state index in [2.05, 4.69) is 31.9 Å². The second kappa shape index (κ2) is 6.70. The van der Waals surface area contributed by atoms with E-state index in [0.29, 0.717) is 10.2 Å². The molecule has 2 atom stereocenters. The summed E-state index contributed by atoms with van der Waals surface area (Å²) in [5, 5.41) is 0. The van der Waals surface area contributed by atoms with Gasteiger partial charge in [0, 0.05) is 16.1 Å². The highest BCUT2D eigenvalue weighted by atomic mass is 79.9. The summed E-state index contributed by atoms with van der Waals surface area (Å²) in [6, 6.07) is 11.9. The zero-order valence-corrected chi connectivity index (χ0v) is 14.0. The van der Waals surface area contributed by atoms with Gasteiger partial charge >= 0.3 is 0 Å². The molecule has 2 nitrogen and oxygen atoms in total. The van der Waals surface area contributed by atoms with Gasteiger partial charge in [-0.05, 0) is 47.1 Å². The first kappa shape index (κ1) is 15.5. The Hall–Kier alpha value is -0.910. The standard InChI is InChI=1S/C15H14Br2FNO/c1-9(19)15(11-4-2-3-5-12(11)16)20-14-7-6-10(18)8-13(14)17/h2-9,15H,19H2,1H3. The third-order valence-corrected chi connectivity index (χ3v) is 4.18. The molecule has 0 radical (unpaired) electrons. The minimum atomic E-state index is -0.327. The molecule has 0 aliphatic carbocycles. The van der Waals surface area contributed by atoms with Crippen molar-refractivity contribution in [2.45, 2.75) is 19.1 Å². The van der Waals surface area contributed by atoms with Crippen LogP contribution in [0.1, 0.15) is 18.6 Å². The lowest BCUT2D eigenvalue weighted by atomic mass is 10.0. The summed E-state index contributed by atoms with van der Waals surface area (Å²) in [5.41, 5.74) is 6.99. The van der Waals surface area contributed by atoms with E-state index >= 15 is 0 Å². The van der Waals surface area contributed by atoms with Crippen LogP contribution in [0.2, 0.25) is 0 Å². The van der Waals surface area contributed by atoms with Gasteiger partial charge in [-0.25, -0.2) is 4.39 Å². The monoisotopic (exact) mass is 401 g/mol. The molecule has 2 N–H and O–H groups in total. The quantitative estimate of drug-likeness (QED) is 0.795. The van der Waals surface area contributed by atoms with Crippen molar-refractivity contribution in [3.8, 4) is 5.75 Å². The van der Waals surface area contributed by atoms with E-state index in [9.17, 15) is 4.39 Å². The molecular weight excluding hydrogens is 389 g/mol. The van der Waals surface area contributed by atoms with Crippen molar-refractivity contribution in [1.29, 1.82) is 0 Å². The van der Waals surface area contributed by atoms with Gasteiger partial charge in [0.1, 0.15) is 17.7 Å². The van der Waals surface area contributed by atoms with Crippen molar-refractivity contribution in [2.75, 3.05) is 0 Å². The molecule has 2 rings (SSSR count). The van der Waals surface area contributed by atoms with E-state index in [4.69, 9.17) is 10.5 Å². The van der Waals surface area contributed by atoms with Gasteiger partial charge in [-0.1, -0.05) is 34.1 Å². The average molecular weight is 403 g/mol. The Morgan fingerprint density at radius 1 is 1.10 bits per heavy atom. The van der Waals surface area contributed by atoms with E-state index in [-0.39, 0.29) is 18.0 Å². The van der Waals surface area contributed by atoms with Crippen LogP contribution >= 0.6 is 31.9 Å². The summed E-state index contributed by atoms with van der Waals surface area (Å²) >= 11 is 6.80. The Morgan fingerprint density at radius 2 is 1.80 bits per heavy atom. The van der Waals surface area contributed by atoms with Crippen molar-refractivity contribution in [3.63, 3.8) is 0 Å². The molecule has 0 bridgehead atoms. The maximum absolute atomic E-state index is 13.1. The molecule has 0 amide bonds. The molecule has 0 aliphatic rings. The highest BCUT2D eigenvalue weighted by Gasteiger charge is 2.21. The summed E-state index contributed by atoms with van der Waals surface area (Å²) in [5.74, 6) is 0.243. The van der Waals surface area contributed by atoms with E-state index in [1.165, 1.54) is 12.1 Å². The van der Waals surface area contributed by atoms with Gasteiger partial charge < -0.3 is 10.5 Å². The second-order valence-electron chi connectivity index (χ2n) is 4.49. The zero-order chi connectivity index (χ0) is 14.7. The Morgan fingerprint density at radius 3 is 2.40 bits per heavy atom. The first-order valence-corrected chi connectivity index (χ1v) is 7.69. The van der Waals surface area contributed by atoms with Gasteiger partial charge in [-0.15, -0.1) is 0 Å². The Kier molecular flexibility index (Phi) is 5.18. The molecule has 0 fully saturated rings. The van der Waals surface area contributed by atoms with Crippen LogP contribution in [0.4, 0.5) is 4.39 Å². The highest BCUT2D eigenvalue weighted by molar-refractivity contribution is 9.10. The second-order valence-corrected chi connectivity index (χ2v) is 6.20. The molecule has 2 aromatic rings. The maximum Gasteiger partial charge on any atom is 0.140 e. The lowest BCUT2D eigenvalue weighted by molar-refractivity contribution is 0.178. The molecule has 0 saturated carbocycles. The first-order valence-electron chi connectivity index (χ1n) is 6.10. The van der Waals surface area contributed by atoms with Gasteiger partial charge in [0.05, 0.1) is 4.47 Å². The Balaban J connectivity index is 2.33. The molecule has 0 saturated heterocycles. The summed E-state index contributed by atoms with van der Waals surface area (Å²) in [7, 11) is 0. The molecule has 0 aliphatic heterocycles. The fourth-order valence-corrected chi connectivity index (χ4v) is 2.82. The molecule has 0 aromatic heterocycles. The number of rotatable bonds is 4. The van der Waals surface area contributed by atoms with Gasteiger partial charge in [0.2, 0.25) is 0 Å². The predicted octanol–water partition coefficient (Wildman–Crippen LogP) is 4.82. The van der Waals surface area contributed by atoms with Gasteiger partial charge in [0.25, 0.3) is 0 Å². The van der Waals surface area contributed by atoms with Gasteiger partial charge in [-0.2, -0.15) is 0 Å². The Bertz CT molecular complexity index is 604. The van der Waals surface area contributed by atoms with Crippen LogP contribution in [0.5, 0.6) is 5.75 Å². The van der Waals surface area contributed by atoms with Crippen molar-refractivity contribution in [3.05, 3.63) is 62.8 Å². The Labute approximate surface area is 134 Å². The smallest absolute Gasteiger partial charge is 0.140 e. The third-order valence-electron chi connectivity index (χ3n) is 2.84. The normalized spacial score (nSPS) is 13.8. The molecule has 0 spiro atoms. The first-order chi connectivity index (χ1) is 9.49. The molecular formula is C15H14Br2FNO. The fraction of sp³-hybridized carbons (Fsp3) is 0.200. The van der Waals surface area contributed by atoms with E-state index in [1.54, 1.807) is 6.07 Å². The van der Waals surface area contributed by atoms with Crippen LogP contribution in [0.15, 0.2) is 51.4 Å². The van der Waals surface area contributed by atoms with Gasteiger partial charge in [0.15, 0.2) is 0 Å². The van der Waals surface area contributed by atoms with E-state index in [0.717, 1.165) is 10.0 Å². The molecule has 5 heteroatoms. The SMILES string of the molecule is CC(N)C(Oc1ccc(F)cc1Br)c1ccccc1Br. The number of ether oxygens (including phenoxy) is 1. The predicted molar refractivity (Wildman–Crippen MR) is 85.3 cm³/mol. The van der Waals surface area contributed by atoms with E-state index < -0.39 is 0 Å². The maximum atomic E-state index is 13.1. The lowest BCUT2D eigenvalue weighted by Crippen LogP contribution is -2.29. The topological polar surface area (TPSA) is 35.2 Å². The van der Waals surface area contributed by atoms with Crippen LogP contribution in [-0.4, -0.2) is 6.04 Å². The van der Waals surface area contributed by atoms with Crippen molar-refractivity contribution < 1.29 is 9.13 Å². The minimum Gasteiger partial charge on any atom is -0.483 e. The third kappa shape index (κ3) is 3.59. The molecule has 106 valence electrons. The number of halogens is 3. The largest absolute Gasteiger partial charge is 0.483 e.